The molecule has 0 radical (unpaired) electrons. The second kappa shape index (κ2) is 4.24. The molecular weight excluding hydrogens is 273 g/mol. The maximum Gasteiger partial charge on any atom is 0.163 e. The minimum absolute atomic E-state index is 0.293. The average molecular weight is 285 g/mol. The smallest absolute Gasteiger partial charge is 0.163 e. The highest BCUT2D eigenvalue weighted by Crippen LogP contribution is 2.39. The Morgan fingerprint density at radius 1 is 1.20 bits per heavy atom. The second-order valence-corrected chi connectivity index (χ2v) is 6.06. The largest absolute Gasteiger partial charge is 0.383 e. The Bertz CT molecular complexity index is 825. The Morgan fingerprint density at radius 2 is 2.10 bits per heavy atom. The molecule has 1 aliphatic rings. The number of anilines is 1. The number of nitrogen functional groups attached to an aromatic ring is 1. The molecule has 0 amide bonds. The van der Waals surface area contributed by atoms with Crippen LogP contribution in [0.25, 0.3) is 21.6 Å². The summed E-state index contributed by atoms with van der Waals surface area (Å²) in [4.78, 5) is 11.2. The van der Waals surface area contributed by atoms with Gasteiger partial charge in [0.1, 0.15) is 16.5 Å². The van der Waals surface area contributed by atoms with Gasteiger partial charge in [-0.15, -0.1) is 11.3 Å². The van der Waals surface area contributed by atoms with Crippen molar-refractivity contribution in [3.05, 3.63) is 40.5 Å². The number of hydrogen-bond donors (Lipinski definition) is 1. The number of nitrogens with zero attached hydrogens (tertiary/aromatic N) is 2. The van der Waals surface area contributed by atoms with Crippen molar-refractivity contribution in [1.29, 1.82) is 0 Å². The van der Waals surface area contributed by atoms with Crippen molar-refractivity contribution < 1.29 is 4.39 Å². The van der Waals surface area contributed by atoms with Gasteiger partial charge in [0.2, 0.25) is 0 Å². The van der Waals surface area contributed by atoms with Crippen LogP contribution in [0.5, 0.6) is 0 Å². The fourth-order valence-corrected chi connectivity index (χ4v) is 4.05. The van der Waals surface area contributed by atoms with E-state index in [4.69, 9.17) is 5.73 Å². The molecule has 100 valence electrons. The maximum absolute atomic E-state index is 13.3. The number of aryl methyl sites for hydroxylation is 2. The van der Waals surface area contributed by atoms with E-state index in [9.17, 15) is 4.39 Å². The zero-order chi connectivity index (χ0) is 13.7. The predicted octanol–water partition coefficient (Wildman–Crippen LogP) is 3.57. The van der Waals surface area contributed by atoms with Crippen LogP contribution >= 0.6 is 11.3 Å². The molecule has 2 heterocycles. The Kier molecular flexibility index (Phi) is 2.50. The zero-order valence-electron chi connectivity index (χ0n) is 10.7. The molecule has 5 heteroatoms. The average Bonchev–Trinajstić information content (AvgIpc) is 2.98. The summed E-state index contributed by atoms with van der Waals surface area (Å²) in [6.45, 7) is 0. The summed E-state index contributed by atoms with van der Waals surface area (Å²) in [5.41, 5.74) is 8.08. The molecule has 0 unspecified atom stereocenters. The van der Waals surface area contributed by atoms with Crippen LogP contribution in [0.3, 0.4) is 0 Å². The van der Waals surface area contributed by atoms with Gasteiger partial charge in [-0.25, -0.2) is 14.4 Å². The summed E-state index contributed by atoms with van der Waals surface area (Å²) in [5, 5.41) is 1.00. The van der Waals surface area contributed by atoms with E-state index in [0.717, 1.165) is 23.1 Å². The van der Waals surface area contributed by atoms with E-state index in [-0.39, 0.29) is 5.82 Å². The van der Waals surface area contributed by atoms with Crippen LogP contribution in [0.15, 0.2) is 24.3 Å². The minimum Gasteiger partial charge on any atom is -0.383 e. The van der Waals surface area contributed by atoms with E-state index in [1.807, 2.05) is 0 Å². The van der Waals surface area contributed by atoms with Crippen LogP contribution in [-0.4, -0.2) is 9.97 Å². The molecule has 3 nitrogen and oxygen atoms in total. The van der Waals surface area contributed by atoms with Crippen LogP contribution < -0.4 is 5.73 Å². The SMILES string of the molecule is Nc1nc(-c2cccc(F)c2)nc2sc3c(c12)CCC3. The first-order valence-corrected chi connectivity index (χ1v) is 7.38. The van der Waals surface area contributed by atoms with Gasteiger partial charge in [0.15, 0.2) is 5.82 Å². The normalized spacial score (nSPS) is 13.8. The molecule has 3 aromatic rings. The van der Waals surface area contributed by atoms with Crippen LogP contribution in [0, 0.1) is 5.82 Å². The molecule has 0 spiro atoms. The van der Waals surface area contributed by atoms with E-state index in [1.165, 1.54) is 29.0 Å². The first-order chi connectivity index (χ1) is 9.72. The molecule has 20 heavy (non-hydrogen) atoms. The van der Waals surface area contributed by atoms with Gasteiger partial charge in [-0.05, 0) is 37.0 Å². The number of fused-ring (bicyclic) bond motifs is 3. The Hall–Kier alpha value is -2.01. The summed E-state index contributed by atoms with van der Waals surface area (Å²) in [5.74, 6) is 0.710. The van der Waals surface area contributed by atoms with Gasteiger partial charge >= 0.3 is 0 Å². The molecule has 1 aliphatic carbocycles. The lowest BCUT2D eigenvalue weighted by Gasteiger charge is -2.04. The Balaban J connectivity index is 1.95. The van der Waals surface area contributed by atoms with E-state index in [0.29, 0.717) is 17.2 Å². The number of hydrogen-bond acceptors (Lipinski definition) is 4. The highest BCUT2D eigenvalue weighted by atomic mass is 32.1. The van der Waals surface area contributed by atoms with Gasteiger partial charge in [0.05, 0.1) is 5.39 Å². The number of nitrogens with two attached hydrogens (primary N) is 1. The van der Waals surface area contributed by atoms with Crippen molar-refractivity contribution in [2.75, 3.05) is 5.73 Å². The molecule has 4 rings (SSSR count). The lowest BCUT2D eigenvalue weighted by Crippen LogP contribution is -1.97. The first-order valence-electron chi connectivity index (χ1n) is 6.56. The molecule has 0 aliphatic heterocycles. The summed E-state index contributed by atoms with van der Waals surface area (Å²) >= 11 is 1.69. The Morgan fingerprint density at radius 3 is 2.95 bits per heavy atom. The maximum atomic E-state index is 13.3. The molecular formula is C15H12FN3S. The first kappa shape index (κ1) is 11.8. The van der Waals surface area contributed by atoms with Crippen molar-refractivity contribution in [3.63, 3.8) is 0 Å². The summed E-state index contributed by atoms with van der Waals surface area (Å²) in [6, 6.07) is 6.29. The van der Waals surface area contributed by atoms with Crippen molar-refractivity contribution in [2.24, 2.45) is 0 Å². The van der Waals surface area contributed by atoms with E-state index in [2.05, 4.69) is 9.97 Å². The van der Waals surface area contributed by atoms with Crippen LogP contribution in [0.1, 0.15) is 16.9 Å². The van der Waals surface area contributed by atoms with Gasteiger partial charge in [-0.3, -0.25) is 0 Å². The molecule has 0 atom stereocenters. The van der Waals surface area contributed by atoms with Gasteiger partial charge in [-0.2, -0.15) is 0 Å². The number of thiophene rings is 1. The molecule has 0 saturated carbocycles. The number of halogens is 1. The molecule has 2 N–H and O–H groups in total. The van der Waals surface area contributed by atoms with Gasteiger partial charge in [0, 0.05) is 10.4 Å². The highest BCUT2D eigenvalue weighted by Gasteiger charge is 2.21. The minimum atomic E-state index is -0.293. The molecule has 1 aromatic carbocycles. The van der Waals surface area contributed by atoms with E-state index >= 15 is 0 Å². The summed E-state index contributed by atoms with van der Waals surface area (Å²) in [7, 11) is 0. The molecule has 0 saturated heterocycles. The van der Waals surface area contributed by atoms with Gasteiger partial charge < -0.3 is 5.73 Å². The van der Waals surface area contributed by atoms with Crippen molar-refractivity contribution in [2.45, 2.75) is 19.3 Å². The lowest BCUT2D eigenvalue weighted by atomic mass is 10.1. The standard InChI is InChI=1S/C15H12FN3S/c16-9-4-1-3-8(7-9)14-18-13(17)12-10-5-2-6-11(10)20-15(12)19-14/h1,3-4,7H,2,5-6H2,(H2,17,18,19). The fraction of sp³-hybridized carbons (Fsp3) is 0.200. The zero-order valence-corrected chi connectivity index (χ0v) is 11.5. The lowest BCUT2D eigenvalue weighted by molar-refractivity contribution is 0.628. The van der Waals surface area contributed by atoms with E-state index < -0.39 is 0 Å². The molecule has 0 bridgehead atoms. The van der Waals surface area contributed by atoms with Crippen molar-refractivity contribution in [1.82, 2.24) is 9.97 Å². The fourth-order valence-electron chi connectivity index (χ4n) is 2.78. The summed E-state index contributed by atoms with van der Waals surface area (Å²) < 4.78 is 13.3. The third-order valence-electron chi connectivity index (χ3n) is 3.68. The highest BCUT2D eigenvalue weighted by molar-refractivity contribution is 7.19. The van der Waals surface area contributed by atoms with Crippen molar-refractivity contribution >= 4 is 27.4 Å². The third kappa shape index (κ3) is 1.70. The monoisotopic (exact) mass is 285 g/mol. The van der Waals surface area contributed by atoms with Crippen molar-refractivity contribution in [3.8, 4) is 11.4 Å². The molecule has 0 fully saturated rings. The van der Waals surface area contributed by atoms with Gasteiger partial charge in [-0.1, -0.05) is 12.1 Å². The number of rotatable bonds is 1. The molecule has 2 aromatic heterocycles. The number of benzene rings is 1. The topological polar surface area (TPSA) is 51.8 Å². The summed E-state index contributed by atoms with van der Waals surface area (Å²) in [6.07, 6.45) is 3.34. The second-order valence-electron chi connectivity index (χ2n) is 4.98. The third-order valence-corrected chi connectivity index (χ3v) is 4.86. The van der Waals surface area contributed by atoms with Crippen LogP contribution in [0.2, 0.25) is 0 Å². The predicted molar refractivity (Wildman–Crippen MR) is 79.2 cm³/mol. The Labute approximate surface area is 119 Å². The quantitative estimate of drug-likeness (QED) is 0.743. The van der Waals surface area contributed by atoms with Crippen LogP contribution in [-0.2, 0) is 12.8 Å². The van der Waals surface area contributed by atoms with E-state index in [1.54, 1.807) is 23.5 Å². The number of aromatic nitrogens is 2. The van der Waals surface area contributed by atoms with Crippen LogP contribution in [0.4, 0.5) is 10.2 Å². The van der Waals surface area contributed by atoms with Gasteiger partial charge in [0.25, 0.3) is 0 Å².